The Morgan fingerprint density at radius 3 is 2.50 bits per heavy atom. The van der Waals surface area contributed by atoms with Crippen molar-refractivity contribution in [3.05, 3.63) is 28.8 Å². The number of benzene rings is 1. The molecular weight excluding hydrogens is 196 g/mol. The average Bonchev–Trinajstić information content (AvgIpc) is 2.06. The van der Waals surface area contributed by atoms with E-state index >= 15 is 0 Å². The van der Waals surface area contributed by atoms with Crippen molar-refractivity contribution in [2.45, 2.75) is 32.9 Å². The second-order valence-corrected chi connectivity index (χ2v) is 4.87. The van der Waals surface area contributed by atoms with Crippen LogP contribution in [0.5, 0.6) is 0 Å². The molecule has 78 valence electrons. The van der Waals surface area contributed by atoms with Gasteiger partial charge in [0.25, 0.3) is 0 Å². The third kappa shape index (κ3) is 3.56. The predicted molar refractivity (Wildman–Crippen MR) is 62.5 cm³/mol. The molecule has 3 N–H and O–H groups in total. The van der Waals surface area contributed by atoms with Crippen LogP contribution in [0.25, 0.3) is 0 Å². The summed E-state index contributed by atoms with van der Waals surface area (Å²) in [6.07, 6.45) is 0. The summed E-state index contributed by atoms with van der Waals surface area (Å²) in [6, 6.07) is 5.72. The van der Waals surface area contributed by atoms with Gasteiger partial charge in [-0.05, 0) is 38.5 Å². The summed E-state index contributed by atoms with van der Waals surface area (Å²) < 4.78 is 0. The minimum Gasteiger partial charge on any atom is -0.398 e. The van der Waals surface area contributed by atoms with Crippen molar-refractivity contribution in [3.8, 4) is 0 Å². The lowest BCUT2D eigenvalue weighted by molar-refractivity contribution is 0.424. The molecule has 0 saturated heterocycles. The summed E-state index contributed by atoms with van der Waals surface area (Å²) in [4.78, 5) is 0. The van der Waals surface area contributed by atoms with Crippen molar-refractivity contribution < 1.29 is 0 Å². The van der Waals surface area contributed by atoms with Crippen LogP contribution in [0.1, 0.15) is 26.3 Å². The van der Waals surface area contributed by atoms with Gasteiger partial charge in [-0.3, -0.25) is 0 Å². The fourth-order valence-electron chi connectivity index (χ4n) is 1.05. The molecule has 0 aromatic heterocycles. The molecule has 0 atom stereocenters. The molecule has 0 fully saturated rings. The number of halogens is 1. The molecule has 0 aliphatic heterocycles. The molecule has 0 saturated carbocycles. The Labute approximate surface area is 90.4 Å². The first-order valence-electron chi connectivity index (χ1n) is 4.67. The van der Waals surface area contributed by atoms with E-state index in [1.807, 2.05) is 18.2 Å². The lowest BCUT2D eigenvalue weighted by Crippen LogP contribution is -2.35. The zero-order valence-electron chi connectivity index (χ0n) is 8.89. The zero-order chi connectivity index (χ0) is 10.8. The van der Waals surface area contributed by atoms with Crippen LogP contribution in [-0.2, 0) is 6.54 Å². The first kappa shape index (κ1) is 11.3. The molecule has 1 rings (SSSR count). The molecule has 14 heavy (non-hydrogen) atoms. The number of nitrogens with one attached hydrogen (secondary N) is 1. The lowest BCUT2D eigenvalue weighted by atomic mass is 10.1. The maximum absolute atomic E-state index is 5.91. The number of rotatable bonds is 2. The van der Waals surface area contributed by atoms with Gasteiger partial charge < -0.3 is 11.1 Å². The van der Waals surface area contributed by atoms with Gasteiger partial charge >= 0.3 is 0 Å². The summed E-state index contributed by atoms with van der Waals surface area (Å²) in [7, 11) is 0. The maximum atomic E-state index is 5.91. The Morgan fingerprint density at radius 2 is 2.00 bits per heavy atom. The maximum Gasteiger partial charge on any atom is 0.0638 e. The van der Waals surface area contributed by atoms with E-state index in [1.165, 1.54) is 0 Å². The van der Waals surface area contributed by atoms with Gasteiger partial charge in [-0.25, -0.2) is 0 Å². The molecule has 1 aromatic carbocycles. The van der Waals surface area contributed by atoms with E-state index in [0.29, 0.717) is 10.7 Å². The van der Waals surface area contributed by atoms with Crippen LogP contribution in [-0.4, -0.2) is 5.54 Å². The summed E-state index contributed by atoms with van der Waals surface area (Å²) in [5.41, 5.74) is 7.52. The molecule has 0 heterocycles. The minimum absolute atomic E-state index is 0.119. The number of nitrogen functional groups attached to an aromatic ring is 1. The van der Waals surface area contributed by atoms with Gasteiger partial charge in [0.1, 0.15) is 0 Å². The summed E-state index contributed by atoms with van der Waals surface area (Å²) >= 11 is 5.91. The quantitative estimate of drug-likeness (QED) is 0.740. The highest BCUT2D eigenvalue weighted by atomic mass is 35.5. The molecular formula is C11H17ClN2. The second-order valence-electron chi connectivity index (χ2n) is 4.46. The second kappa shape index (κ2) is 4.20. The molecule has 0 amide bonds. The fourth-order valence-corrected chi connectivity index (χ4v) is 1.25. The average molecular weight is 213 g/mol. The third-order valence-electron chi connectivity index (χ3n) is 1.89. The third-order valence-corrected chi connectivity index (χ3v) is 2.22. The summed E-state index contributed by atoms with van der Waals surface area (Å²) in [6.45, 7) is 7.20. The van der Waals surface area contributed by atoms with E-state index in [1.54, 1.807) is 0 Å². The van der Waals surface area contributed by atoms with Crippen LogP contribution in [0.2, 0.25) is 5.02 Å². The molecule has 2 nitrogen and oxygen atoms in total. The number of hydrogen-bond donors (Lipinski definition) is 2. The van der Waals surface area contributed by atoms with E-state index in [9.17, 15) is 0 Å². The zero-order valence-corrected chi connectivity index (χ0v) is 9.65. The normalized spacial score (nSPS) is 11.7. The lowest BCUT2D eigenvalue weighted by Gasteiger charge is -2.20. The number of anilines is 1. The van der Waals surface area contributed by atoms with Crippen LogP contribution in [0.4, 0.5) is 5.69 Å². The number of hydrogen-bond acceptors (Lipinski definition) is 2. The Balaban J connectivity index is 2.65. The molecule has 0 aliphatic rings. The van der Waals surface area contributed by atoms with Crippen molar-refractivity contribution in [2.75, 3.05) is 5.73 Å². The smallest absolute Gasteiger partial charge is 0.0638 e. The largest absolute Gasteiger partial charge is 0.398 e. The summed E-state index contributed by atoms with van der Waals surface area (Å²) in [5.74, 6) is 0. The van der Waals surface area contributed by atoms with Crippen molar-refractivity contribution in [1.82, 2.24) is 5.32 Å². The Morgan fingerprint density at radius 1 is 1.36 bits per heavy atom. The van der Waals surface area contributed by atoms with Gasteiger partial charge in [-0.1, -0.05) is 17.7 Å². The fraction of sp³-hybridized carbons (Fsp3) is 0.455. The van der Waals surface area contributed by atoms with Crippen molar-refractivity contribution >= 4 is 17.3 Å². The highest BCUT2D eigenvalue weighted by molar-refractivity contribution is 6.33. The van der Waals surface area contributed by atoms with Crippen LogP contribution in [0.15, 0.2) is 18.2 Å². The first-order valence-corrected chi connectivity index (χ1v) is 5.05. The monoisotopic (exact) mass is 212 g/mol. The Hall–Kier alpha value is -0.730. The van der Waals surface area contributed by atoms with Crippen LogP contribution >= 0.6 is 11.6 Å². The van der Waals surface area contributed by atoms with Gasteiger partial charge in [0.2, 0.25) is 0 Å². The van der Waals surface area contributed by atoms with E-state index in [-0.39, 0.29) is 5.54 Å². The molecule has 0 spiro atoms. The molecule has 0 aliphatic carbocycles. The van der Waals surface area contributed by atoms with E-state index in [2.05, 4.69) is 26.1 Å². The van der Waals surface area contributed by atoms with Crippen molar-refractivity contribution in [3.63, 3.8) is 0 Å². The first-order chi connectivity index (χ1) is 6.38. The van der Waals surface area contributed by atoms with Crippen LogP contribution in [0.3, 0.4) is 0 Å². The standard InChI is InChI=1S/C11H17ClN2/c1-11(2,3)14-7-8-4-5-10(13)9(12)6-8/h4-6,14H,7,13H2,1-3H3. The van der Waals surface area contributed by atoms with Gasteiger partial charge in [-0.15, -0.1) is 0 Å². The van der Waals surface area contributed by atoms with Gasteiger partial charge in [-0.2, -0.15) is 0 Å². The van der Waals surface area contributed by atoms with E-state index < -0.39 is 0 Å². The Bertz CT molecular complexity index is 316. The van der Waals surface area contributed by atoms with Crippen molar-refractivity contribution in [1.29, 1.82) is 0 Å². The van der Waals surface area contributed by atoms with Gasteiger partial charge in [0.05, 0.1) is 10.7 Å². The molecule has 1 aromatic rings. The predicted octanol–water partition coefficient (Wildman–Crippen LogP) is 2.81. The topological polar surface area (TPSA) is 38.0 Å². The minimum atomic E-state index is 0.119. The molecule has 3 heteroatoms. The molecule has 0 radical (unpaired) electrons. The van der Waals surface area contributed by atoms with E-state index in [0.717, 1.165) is 12.1 Å². The molecule has 0 unspecified atom stereocenters. The highest BCUT2D eigenvalue weighted by Crippen LogP contribution is 2.19. The van der Waals surface area contributed by atoms with Crippen LogP contribution in [0, 0.1) is 0 Å². The molecule has 0 bridgehead atoms. The van der Waals surface area contributed by atoms with Crippen molar-refractivity contribution in [2.24, 2.45) is 0 Å². The highest BCUT2D eigenvalue weighted by Gasteiger charge is 2.08. The van der Waals surface area contributed by atoms with Gasteiger partial charge in [0.15, 0.2) is 0 Å². The SMILES string of the molecule is CC(C)(C)NCc1ccc(N)c(Cl)c1. The Kier molecular flexibility index (Phi) is 3.40. The summed E-state index contributed by atoms with van der Waals surface area (Å²) in [5, 5.41) is 4.01. The van der Waals surface area contributed by atoms with E-state index in [4.69, 9.17) is 17.3 Å². The van der Waals surface area contributed by atoms with Gasteiger partial charge in [0, 0.05) is 12.1 Å². The number of nitrogens with two attached hydrogens (primary N) is 1. The van der Waals surface area contributed by atoms with Crippen LogP contribution < -0.4 is 11.1 Å².